The van der Waals surface area contributed by atoms with E-state index in [9.17, 15) is 4.79 Å². The summed E-state index contributed by atoms with van der Waals surface area (Å²) in [6.45, 7) is 5.78. The Kier molecular flexibility index (Phi) is 3.93. The Morgan fingerprint density at radius 3 is 2.25 bits per heavy atom. The fourth-order valence-corrected chi connectivity index (χ4v) is 1.11. The van der Waals surface area contributed by atoms with Crippen molar-refractivity contribution in [1.82, 2.24) is 0 Å². The summed E-state index contributed by atoms with van der Waals surface area (Å²) in [6, 6.07) is 6.89. The van der Waals surface area contributed by atoms with Gasteiger partial charge in [0.1, 0.15) is 11.4 Å². The zero-order valence-electron chi connectivity index (χ0n) is 10.2. The smallest absolute Gasteiger partial charge is 0.338 e. The third-order valence-corrected chi connectivity index (χ3v) is 2.55. The van der Waals surface area contributed by atoms with Crippen LogP contribution in [0.25, 0.3) is 0 Å². The fraction of sp³-hybridized carbons (Fsp3) is 0.462. The lowest BCUT2D eigenvalue weighted by Gasteiger charge is -2.23. The minimum atomic E-state index is -0.420. The van der Waals surface area contributed by atoms with Gasteiger partial charge in [-0.2, -0.15) is 0 Å². The number of ether oxygens (including phenoxy) is 2. The van der Waals surface area contributed by atoms with Crippen LogP contribution in [-0.2, 0) is 4.74 Å². The van der Waals surface area contributed by atoms with Gasteiger partial charge in [-0.05, 0) is 44.5 Å². The van der Waals surface area contributed by atoms with Gasteiger partial charge in [0.25, 0.3) is 0 Å². The maximum absolute atomic E-state index is 11.8. The molecule has 16 heavy (non-hydrogen) atoms. The van der Waals surface area contributed by atoms with Crippen molar-refractivity contribution in [2.24, 2.45) is 0 Å². The van der Waals surface area contributed by atoms with Gasteiger partial charge in [-0.15, -0.1) is 0 Å². The molecule has 3 heteroatoms. The second-order valence-corrected chi connectivity index (χ2v) is 4.23. The molecule has 1 aromatic carbocycles. The van der Waals surface area contributed by atoms with Crippen LogP contribution in [0.2, 0.25) is 0 Å². The minimum absolute atomic E-state index is 0.297. The first-order valence-corrected chi connectivity index (χ1v) is 5.36. The Morgan fingerprint density at radius 2 is 1.81 bits per heavy atom. The number of carbonyl (C=O) groups excluding carboxylic acids is 1. The molecule has 88 valence electrons. The van der Waals surface area contributed by atoms with E-state index in [1.807, 2.05) is 20.8 Å². The number of rotatable bonds is 4. The molecule has 0 fully saturated rings. The summed E-state index contributed by atoms with van der Waals surface area (Å²) in [5.74, 6) is 0.431. The molecule has 0 unspecified atom stereocenters. The van der Waals surface area contributed by atoms with Crippen LogP contribution < -0.4 is 4.74 Å². The molecular weight excluding hydrogens is 204 g/mol. The Hall–Kier alpha value is -1.51. The molecule has 3 nitrogen and oxygen atoms in total. The predicted octanol–water partition coefficient (Wildman–Crippen LogP) is 3.04. The van der Waals surface area contributed by atoms with Gasteiger partial charge < -0.3 is 9.47 Å². The molecule has 0 amide bonds. The average molecular weight is 222 g/mol. The molecule has 0 saturated heterocycles. The Bertz CT molecular complexity index is 352. The highest BCUT2D eigenvalue weighted by Crippen LogP contribution is 2.18. The molecule has 0 heterocycles. The average Bonchev–Trinajstić information content (AvgIpc) is 2.28. The summed E-state index contributed by atoms with van der Waals surface area (Å²) in [4.78, 5) is 11.8. The molecule has 0 spiro atoms. The lowest BCUT2D eigenvalue weighted by Crippen LogP contribution is -2.26. The number of methoxy groups -OCH3 is 1. The zero-order valence-corrected chi connectivity index (χ0v) is 10.2. The molecule has 0 aliphatic heterocycles. The van der Waals surface area contributed by atoms with E-state index in [4.69, 9.17) is 9.47 Å². The summed E-state index contributed by atoms with van der Waals surface area (Å²) >= 11 is 0. The summed E-state index contributed by atoms with van der Waals surface area (Å²) in [5, 5.41) is 0. The van der Waals surface area contributed by atoms with E-state index < -0.39 is 5.60 Å². The molecule has 1 rings (SSSR count). The number of carbonyl (C=O) groups is 1. The quantitative estimate of drug-likeness (QED) is 0.734. The van der Waals surface area contributed by atoms with Crippen LogP contribution in [0.5, 0.6) is 5.75 Å². The minimum Gasteiger partial charge on any atom is -0.497 e. The zero-order chi connectivity index (χ0) is 12.2. The Morgan fingerprint density at radius 1 is 1.25 bits per heavy atom. The van der Waals surface area contributed by atoms with Crippen molar-refractivity contribution in [3.8, 4) is 5.75 Å². The Balaban J connectivity index is 2.73. The first-order valence-electron chi connectivity index (χ1n) is 5.36. The van der Waals surface area contributed by atoms with Crippen molar-refractivity contribution in [2.45, 2.75) is 32.8 Å². The lowest BCUT2D eigenvalue weighted by atomic mass is 10.1. The first-order chi connectivity index (χ1) is 7.48. The van der Waals surface area contributed by atoms with Crippen molar-refractivity contribution in [3.05, 3.63) is 29.8 Å². The standard InChI is InChI=1S/C13H18O3/c1-5-13(2,3)16-12(14)10-6-8-11(15-4)9-7-10/h6-9H,5H2,1-4H3. The van der Waals surface area contributed by atoms with Crippen LogP contribution in [0.15, 0.2) is 24.3 Å². The highest BCUT2D eigenvalue weighted by molar-refractivity contribution is 5.89. The van der Waals surface area contributed by atoms with Gasteiger partial charge in [0.15, 0.2) is 0 Å². The third-order valence-electron chi connectivity index (χ3n) is 2.55. The molecular formula is C13H18O3. The summed E-state index contributed by atoms with van der Waals surface area (Å²) in [5.41, 5.74) is 0.124. The van der Waals surface area contributed by atoms with Crippen molar-refractivity contribution in [2.75, 3.05) is 7.11 Å². The number of esters is 1. The van der Waals surface area contributed by atoms with Crippen LogP contribution in [0.1, 0.15) is 37.6 Å². The first kappa shape index (κ1) is 12.6. The second kappa shape index (κ2) is 5.01. The van der Waals surface area contributed by atoms with E-state index in [0.717, 1.165) is 12.2 Å². The van der Waals surface area contributed by atoms with Gasteiger partial charge in [0.2, 0.25) is 0 Å². The lowest BCUT2D eigenvalue weighted by molar-refractivity contribution is -0.00243. The van der Waals surface area contributed by atoms with E-state index in [2.05, 4.69) is 0 Å². The molecule has 1 aromatic rings. The third kappa shape index (κ3) is 3.26. The second-order valence-electron chi connectivity index (χ2n) is 4.23. The van der Waals surface area contributed by atoms with E-state index >= 15 is 0 Å². The van der Waals surface area contributed by atoms with Gasteiger partial charge in [0.05, 0.1) is 12.7 Å². The summed E-state index contributed by atoms with van der Waals surface area (Å²) in [6.07, 6.45) is 0.787. The van der Waals surface area contributed by atoms with Crippen LogP contribution in [0.3, 0.4) is 0 Å². The largest absolute Gasteiger partial charge is 0.497 e. The number of hydrogen-bond donors (Lipinski definition) is 0. The van der Waals surface area contributed by atoms with Crippen LogP contribution in [0, 0.1) is 0 Å². The van der Waals surface area contributed by atoms with Gasteiger partial charge >= 0.3 is 5.97 Å². The van der Waals surface area contributed by atoms with E-state index in [0.29, 0.717) is 5.56 Å². The number of benzene rings is 1. The van der Waals surface area contributed by atoms with Crippen molar-refractivity contribution in [3.63, 3.8) is 0 Å². The van der Waals surface area contributed by atoms with E-state index in [1.165, 1.54) is 0 Å². The fourth-order valence-electron chi connectivity index (χ4n) is 1.11. The van der Waals surface area contributed by atoms with Crippen molar-refractivity contribution >= 4 is 5.97 Å². The molecule has 0 N–H and O–H groups in total. The normalized spacial score (nSPS) is 11.0. The van der Waals surface area contributed by atoms with Crippen LogP contribution in [0.4, 0.5) is 0 Å². The summed E-state index contributed by atoms with van der Waals surface area (Å²) in [7, 11) is 1.59. The van der Waals surface area contributed by atoms with Gasteiger partial charge in [-0.25, -0.2) is 4.79 Å². The highest BCUT2D eigenvalue weighted by atomic mass is 16.6. The van der Waals surface area contributed by atoms with Gasteiger partial charge in [-0.3, -0.25) is 0 Å². The monoisotopic (exact) mass is 222 g/mol. The molecule has 0 aliphatic carbocycles. The Labute approximate surface area is 96.4 Å². The predicted molar refractivity (Wildman–Crippen MR) is 62.8 cm³/mol. The molecule has 0 saturated carbocycles. The van der Waals surface area contributed by atoms with Crippen LogP contribution >= 0.6 is 0 Å². The van der Waals surface area contributed by atoms with E-state index in [1.54, 1.807) is 31.4 Å². The number of hydrogen-bond acceptors (Lipinski definition) is 3. The maximum atomic E-state index is 11.8. The topological polar surface area (TPSA) is 35.5 Å². The van der Waals surface area contributed by atoms with Crippen molar-refractivity contribution < 1.29 is 14.3 Å². The molecule has 0 atom stereocenters. The molecule has 0 aliphatic rings. The maximum Gasteiger partial charge on any atom is 0.338 e. The van der Waals surface area contributed by atoms with Crippen molar-refractivity contribution in [1.29, 1.82) is 0 Å². The summed E-state index contributed by atoms with van der Waals surface area (Å²) < 4.78 is 10.4. The van der Waals surface area contributed by atoms with Gasteiger partial charge in [-0.1, -0.05) is 6.92 Å². The van der Waals surface area contributed by atoms with Gasteiger partial charge in [0, 0.05) is 0 Å². The SMILES string of the molecule is CCC(C)(C)OC(=O)c1ccc(OC)cc1. The van der Waals surface area contributed by atoms with E-state index in [-0.39, 0.29) is 5.97 Å². The molecule has 0 bridgehead atoms. The molecule has 0 aromatic heterocycles. The molecule has 0 radical (unpaired) electrons. The highest BCUT2D eigenvalue weighted by Gasteiger charge is 2.21. The van der Waals surface area contributed by atoms with Crippen LogP contribution in [-0.4, -0.2) is 18.7 Å².